The van der Waals surface area contributed by atoms with Crippen molar-refractivity contribution in [3.63, 3.8) is 0 Å². The third kappa shape index (κ3) is 7.16. The van der Waals surface area contributed by atoms with E-state index < -0.39 is 0 Å². The maximum Gasteiger partial charge on any atom is 0.191 e. The Balaban J connectivity index is 0.00000320. The predicted octanol–water partition coefficient (Wildman–Crippen LogP) is 2.55. The van der Waals surface area contributed by atoms with Crippen molar-refractivity contribution in [2.45, 2.75) is 44.8 Å². The lowest BCUT2D eigenvalue weighted by atomic mass is 10.2. The number of guanidine groups is 1. The predicted molar refractivity (Wildman–Crippen MR) is 133 cm³/mol. The molecule has 2 heterocycles. The minimum Gasteiger partial charge on any atom is -0.497 e. The average Bonchev–Trinajstić information content (AvgIpc) is 3.34. The van der Waals surface area contributed by atoms with Crippen LogP contribution in [0.1, 0.15) is 31.7 Å². The highest BCUT2D eigenvalue weighted by Gasteiger charge is 2.24. The molecule has 0 amide bonds. The number of nitrogens with zero attached hydrogens (tertiary/aromatic N) is 3. The molecule has 0 bridgehead atoms. The summed E-state index contributed by atoms with van der Waals surface area (Å²) >= 11 is 0. The number of aliphatic imine (C=N–C) groups is 1. The van der Waals surface area contributed by atoms with E-state index in [4.69, 9.17) is 14.5 Å². The van der Waals surface area contributed by atoms with E-state index in [2.05, 4.69) is 46.5 Å². The molecule has 0 spiro atoms. The van der Waals surface area contributed by atoms with E-state index in [0.717, 1.165) is 56.6 Å². The van der Waals surface area contributed by atoms with Gasteiger partial charge in [0.25, 0.3) is 0 Å². The molecular weight excluding hydrogens is 493 g/mol. The summed E-state index contributed by atoms with van der Waals surface area (Å²) < 4.78 is 10.8. The van der Waals surface area contributed by atoms with E-state index in [0.29, 0.717) is 12.1 Å². The Hall–Kier alpha value is -1.26. The van der Waals surface area contributed by atoms with Gasteiger partial charge in [-0.05, 0) is 57.5 Å². The lowest BCUT2D eigenvalue weighted by molar-refractivity contribution is 0.316. The lowest BCUT2D eigenvalue weighted by Crippen LogP contribution is -2.45. The number of halogens is 1. The largest absolute Gasteiger partial charge is 0.497 e. The Morgan fingerprint density at radius 3 is 2.47 bits per heavy atom. The van der Waals surface area contributed by atoms with Crippen LogP contribution >= 0.6 is 24.0 Å². The molecule has 7 nitrogen and oxygen atoms in total. The van der Waals surface area contributed by atoms with E-state index >= 15 is 0 Å². The van der Waals surface area contributed by atoms with Crippen molar-refractivity contribution >= 4 is 29.9 Å². The van der Waals surface area contributed by atoms with Gasteiger partial charge in [-0.3, -0.25) is 9.89 Å². The first-order valence-corrected chi connectivity index (χ1v) is 10.8. The first kappa shape index (κ1) is 25.0. The number of hydrogen-bond acceptors (Lipinski definition) is 5. The number of rotatable bonds is 8. The summed E-state index contributed by atoms with van der Waals surface area (Å²) in [7, 11) is 5.59. The molecule has 0 saturated carbocycles. The quantitative estimate of drug-likeness (QED) is 0.306. The second-order valence-corrected chi connectivity index (χ2v) is 8.08. The van der Waals surface area contributed by atoms with Gasteiger partial charge in [-0.25, -0.2) is 0 Å². The molecule has 1 aromatic carbocycles. The Morgan fingerprint density at radius 2 is 1.87 bits per heavy atom. The molecule has 0 aromatic heterocycles. The van der Waals surface area contributed by atoms with Gasteiger partial charge in [0.15, 0.2) is 5.96 Å². The number of nitrogens with one attached hydrogen (secondary N) is 2. The highest BCUT2D eigenvalue weighted by Crippen LogP contribution is 2.24. The molecule has 2 fully saturated rings. The third-order valence-electron chi connectivity index (χ3n) is 5.91. The van der Waals surface area contributed by atoms with Crippen LogP contribution in [0.4, 0.5) is 0 Å². The van der Waals surface area contributed by atoms with Crippen LogP contribution in [0.5, 0.6) is 11.5 Å². The molecule has 1 aromatic rings. The van der Waals surface area contributed by atoms with E-state index in [1.165, 1.54) is 24.9 Å². The topological polar surface area (TPSA) is 61.4 Å². The maximum absolute atomic E-state index is 5.40. The molecule has 0 aliphatic carbocycles. The molecule has 3 rings (SSSR count). The highest BCUT2D eigenvalue weighted by atomic mass is 127. The zero-order valence-electron chi connectivity index (χ0n) is 18.8. The summed E-state index contributed by atoms with van der Waals surface area (Å²) in [5, 5.41) is 7.06. The summed E-state index contributed by atoms with van der Waals surface area (Å²) in [4.78, 5) is 9.76. The average molecular weight is 531 g/mol. The third-order valence-corrected chi connectivity index (χ3v) is 5.91. The molecule has 2 aliphatic heterocycles. The van der Waals surface area contributed by atoms with E-state index in [9.17, 15) is 0 Å². The second kappa shape index (κ2) is 12.6. The summed E-state index contributed by atoms with van der Waals surface area (Å²) in [6, 6.07) is 7.09. The molecule has 2 saturated heterocycles. The van der Waals surface area contributed by atoms with Gasteiger partial charge in [0, 0.05) is 44.3 Å². The van der Waals surface area contributed by atoms with Gasteiger partial charge in [-0.1, -0.05) is 0 Å². The normalized spacial score (nSPS) is 22.6. The molecule has 2 aliphatic rings. The highest BCUT2D eigenvalue weighted by molar-refractivity contribution is 14.0. The van der Waals surface area contributed by atoms with Crippen LogP contribution in [-0.4, -0.2) is 81.8 Å². The van der Waals surface area contributed by atoms with Crippen LogP contribution in [0, 0.1) is 0 Å². The van der Waals surface area contributed by atoms with Crippen molar-refractivity contribution in [2.24, 2.45) is 4.99 Å². The van der Waals surface area contributed by atoms with Crippen molar-refractivity contribution in [1.29, 1.82) is 0 Å². The van der Waals surface area contributed by atoms with Crippen LogP contribution in [0.15, 0.2) is 23.2 Å². The van der Waals surface area contributed by atoms with Crippen molar-refractivity contribution in [2.75, 3.05) is 54.0 Å². The van der Waals surface area contributed by atoms with Crippen molar-refractivity contribution < 1.29 is 9.47 Å². The fraction of sp³-hybridized carbons (Fsp3) is 0.682. The zero-order chi connectivity index (χ0) is 20.6. The van der Waals surface area contributed by atoms with E-state index in [1.54, 1.807) is 14.2 Å². The molecule has 2 unspecified atom stereocenters. The van der Waals surface area contributed by atoms with Crippen molar-refractivity contribution in [3.8, 4) is 11.5 Å². The summed E-state index contributed by atoms with van der Waals surface area (Å²) in [5.41, 5.74) is 1.21. The molecule has 2 atom stereocenters. The van der Waals surface area contributed by atoms with Crippen LogP contribution in [0.2, 0.25) is 0 Å². The molecule has 8 heteroatoms. The first-order chi connectivity index (χ1) is 14.1. The number of ether oxygens (including phenoxy) is 2. The number of methoxy groups -OCH3 is 2. The maximum atomic E-state index is 5.40. The SMILES string of the molecule is CCNC(=NCC1CCCN1C)NC1CCN(Cc2cc(OC)cc(OC)c2)C1.I. The first-order valence-electron chi connectivity index (χ1n) is 10.8. The zero-order valence-corrected chi connectivity index (χ0v) is 21.1. The fourth-order valence-corrected chi connectivity index (χ4v) is 4.23. The smallest absolute Gasteiger partial charge is 0.191 e. The Labute approximate surface area is 198 Å². The van der Waals surface area contributed by atoms with Crippen LogP contribution < -0.4 is 20.1 Å². The molecule has 2 N–H and O–H groups in total. The summed E-state index contributed by atoms with van der Waals surface area (Å²) in [5.74, 6) is 2.63. The summed E-state index contributed by atoms with van der Waals surface area (Å²) in [6.45, 7) is 8.03. The van der Waals surface area contributed by atoms with Gasteiger partial charge in [0.1, 0.15) is 11.5 Å². The number of benzene rings is 1. The van der Waals surface area contributed by atoms with Crippen LogP contribution in [0.3, 0.4) is 0 Å². The van der Waals surface area contributed by atoms with Gasteiger partial charge in [-0.15, -0.1) is 24.0 Å². The van der Waals surface area contributed by atoms with Crippen molar-refractivity contribution in [3.05, 3.63) is 23.8 Å². The Kier molecular flexibility index (Phi) is 10.5. The molecular formula is C22H38IN5O2. The van der Waals surface area contributed by atoms with Crippen LogP contribution in [-0.2, 0) is 6.54 Å². The van der Waals surface area contributed by atoms with Gasteiger partial charge in [-0.2, -0.15) is 0 Å². The standard InChI is InChI=1S/C22H37N5O2.HI/c1-5-23-22(24-14-19-7-6-9-26(19)2)25-18-8-10-27(16-18)15-17-11-20(28-3)13-21(12-17)29-4;/h11-13,18-19H,5-10,14-16H2,1-4H3,(H2,23,24,25);1H. The Bertz CT molecular complexity index is 665. The van der Waals surface area contributed by atoms with Crippen molar-refractivity contribution in [1.82, 2.24) is 20.4 Å². The number of likely N-dealkylation sites (tertiary alicyclic amines) is 2. The lowest BCUT2D eigenvalue weighted by Gasteiger charge is -2.21. The molecule has 30 heavy (non-hydrogen) atoms. The van der Waals surface area contributed by atoms with E-state index in [1.807, 2.05) is 6.07 Å². The monoisotopic (exact) mass is 531 g/mol. The molecule has 170 valence electrons. The Morgan fingerprint density at radius 1 is 1.13 bits per heavy atom. The minimum atomic E-state index is 0. The van der Waals surface area contributed by atoms with Crippen LogP contribution in [0.25, 0.3) is 0 Å². The van der Waals surface area contributed by atoms with Gasteiger partial charge >= 0.3 is 0 Å². The fourth-order valence-electron chi connectivity index (χ4n) is 4.23. The van der Waals surface area contributed by atoms with E-state index in [-0.39, 0.29) is 24.0 Å². The second-order valence-electron chi connectivity index (χ2n) is 8.08. The summed E-state index contributed by atoms with van der Waals surface area (Å²) in [6.07, 6.45) is 3.66. The number of likely N-dealkylation sites (N-methyl/N-ethyl adjacent to an activating group) is 1. The molecule has 0 radical (unpaired) electrons. The number of hydrogen-bond donors (Lipinski definition) is 2. The van der Waals surface area contributed by atoms with Gasteiger partial charge < -0.3 is 25.0 Å². The van der Waals surface area contributed by atoms with Gasteiger partial charge in [0.2, 0.25) is 0 Å². The van der Waals surface area contributed by atoms with Gasteiger partial charge in [0.05, 0.1) is 20.8 Å². The minimum absolute atomic E-state index is 0.